The van der Waals surface area contributed by atoms with Gasteiger partial charge in [0.15, 0.2) is 92.1 Å². The molecule has 0 aliphatic carbocycles. The summed E-state index contributed by atoms with van der Waals surface area (Å²) in [5.41, 5.74) is 26.5. The number of esters is 2. The highest BCUT2D eigenvalue weighted by atomic mass is 35.5. The number of carboxylic acids is 3. The van der Waals surface area contributed by atoms with Crippen LogP contribution in [-0.4, -0.2) is 141 Å². The maximum atomic E-state index is 14.9. The van der Waals surface area contributed by atoms with Crippen LogP contribution in [0.5, 0.6) is 34.5 Å². The second-order valence-electron chi connectivity index (χ2n) is 21.3. The molecule has 0 aliphatic heterocycles. The van der Waals surface area contributed by atoms with Gasteiger partial charge in [0.05, 0.1) is 100 Å². The second kappa shape index (κ2) is 37.4. The monoisotopic (exact) mass is 1620 g/mol. The highest BCUT2D eigenvalue weighted by molar-refractivity contribution is 6.36. The average Bonchev–Trinajstić information content (AvgIpc) is 0.789. The average molecular weight is 1620 g/mol. The summed E-state index contributed by atoms with van der Waals surface area (Å²) in [5, 5.41) is 29.3. The van der Waals surface area contributed by atoms with Gasteiger partial charge in [-0.15, -0.1) is 0 Å². The van der Waals surface area contributed by atoms with Crippen LogP contribution in [0.15, 0.2) is 103 Å². The topological polar surface area (TPSA) is 418 Å². The third-order valence-electron chi connectivity index (χ3n) is 14.6. The number of aromatic nitrogens is 5. The predicted octanol–water partition coefficient (Wildman–Crippen LogP) is 15.1. The SMILES string of the molecule is COC(=O)c1nc(-c2ccc(Cl)c(N(C)C)c2F)c(F)c(N)c1OC.COC(=O)c1nc(-c2ccc(Cl)cc2)c(Cl)c(N)c1OC.COc1c(C(=O)O)nc(-c2ccc(Cl)c(OC)c2F)c(F)c1N.COc1c(C(=O)O)nc(-c2ccc(Cl)cc2)c(F)c1N.COc1c(N)cc(-c2ccc(Cl)cc2)nc1C(=O)O. The van der Waals surface area contributed by atoms with Crippen LogP contribution in [-0.2, 0) is 9.47 Å². The lowest BCUT2D eigenvalue weighted by Gasteiger charge is -2.18. The Morgan fingerprint density at radius 3 is 1.08 bits per heavy atom. The van der Waals surface area contributed by atoms with Crippen LogP contribution in [0.1, 0.15) is 52.4 Å². The Balaban J connectivity index is 0.000000212. The second-order valence-corrected chi connectivity index (χ2v) is 23.8. The Morgan fingerprint density at radius 1 is 0.370 bits per heavy atom. The van der Waals surface area contributed by atoms with Gasteiger partial charge in [0, 0.05) is 57.0 Å². The van der Waals surface area contributed by atoms with Crippen molar-refractivity contribution in [2.75, 3.05) is 105 Å². The molecule has 0 saturated carbocycles. The number of nitrogens with two attached hydrogens (primary N) is 5. The molecule has 38 heteroatoms. The van der Waals surface area contributed by atoms with Gasteiger partial charge in [0.1, 0.15) is 34.1 Å². The number of hydrogen-bond acceptors (Lipinski definition) is 24. The summed E-state index contributed by atoms with van der Waals surface area (Å²) in [6.45, 7) is 0. The largest absolute Gasteiger partial charge is 0.492 e. The Morgan fingerprint density at radius 2 is 0.694 bits per heavy atom. The van der Waals surface area contributed by atoms with Gasteiger partial charge in [0.2, 0.25) is 0 Å². The summed E-state index contributed by atoms with van der Waals surface area (Å²) in [4.78, 5) is 78.2. The fourth-order valence-corrected chi connectivity index (χ4v) is 10.7. The number of rotatable bonds is 17. The van der Waals surface area contributed by atoms with Crippen molar-refractivity contribution in [2.24, 2.45) is 0 Å². The molecule has 0 atom stereocenters. The Kier molecular flexibility index (Phi) is 29.5. The quantitative estimate of drug-likeness (QED) is 0.0310. The van der Waals surface area contributed by atoms with Gasteiger partial charge in [-0.1, -0.05) is 106 Å². The zero-order valence-electron chi connectivity index (χ0n) is 57.7. The molecule has 27 nitrogen and oxygen atoms in total. The summed E-state index contributed by atoms with van der Waals surface area (Å²) < 4.78 is 111. The summed E-state index contributed by atoms with van der Waals surface area (Å²) in [7, 11) is 13.0. The van der Waals surface area contributed by atoms with Crippen molar-refractivity contribution >= 4 is 134 Å². The number of ether oxygens (including phenoxy) is 8. The van der Waals surface area contributed by atoms with Crippen LogP contribution in [0.25, 0.3) is 56.3 Å². The molecule has 108 heavy (non-hydrogen) atoms. The van der Waals surface area contributed by atoms with E-state index < -0.39 is 105 Å². The zero-order valence-corrected chi connectivity index (χ0v) is 62.2. The fourth-order valence-electron chi connectivity index (χ4n) is 9.52. The first-order valence-electron chi connectivity index (χ1n) is 29.8. The normalized spacial score (nSPS) is 10.4. The fraction of sp³-hybridized carbons (Fsp3) is 0.143. The van der Waals surface area contributed by atoms with Crippen LogP contribution < -0.4 is 62.0 Å². The van der Waals surface area contributed by atoms with E-state index in [4.69, 9.17) is 142 Å². The lowest BCUT2D eigenvalue weighted by atomic mass is 10.1. The number of nitrogens with zero attached hydrogens (tertiary/aromatic N) is 6. The van der Waals surface area contributed by atoms with Crippen molar-refractivity contribution < 1.29 is 99.1 Å². The first-order valence-corrected chi connectivity index (χ1v) is 32.1. The number of pyridine rings is 5. The molecule has 10 rings (SSSR count). The smallest absolute Gasteiger partial charge is 0.360 e. The highest BCUT2D eigenvalue weighted by Crippen LogP contribution is 2.44. The molecule has 0 radical (unpaired) electrons. The standard InChI is InChI=1S/C16H16ClF2N3O3.C14H12Cl2N2O3.C14H11ClF2N2O4.C13H10ClFN2O3.C13H11ClN2O3/c1-22(2)14-8(17)6-5-7(9(14)18)12-10(19)11(20)15(24-3)13(21-12)16(23)25-4;1-20-13-10(17)9(16)11(18-12(13)14(19)21-2)7-3-5-8(15)6-4-7;1-22-12-6(15)4-3-5(7(12)16)10-8(17)9(18)13(23-2)11(19-10)14(20)21;1-20-12-9(16)8(15)10(17-11(12)13(18)19)6-2-4-7(14)5-3-6;1-19-12-9(15)6-10(16-11(12)13(17)18)7-2-4-8(14)5-3-7/h5-6H,1-4H3,(H2,20,21);3-6H,1-2H3,(H2,17,18);3-4H,1-2H3,(H2,18,19)(H,20,21);2-5H,1H3,(H2,16,17)(H,18,19);2-6H,1H3,(H2,15,16)(H,17,18). The molecular formula is C70H60Cl6F5N11O16. The minimum absolute atomic E-state index is 0.0332. The van der Waals surface area contributed by atoms with Gasteiger partial charge >= 0.3 is 29.8 Å². The number of carbonyl (C=O) groups excluding carboxylic acids is 2. The minimum atomic E-state index is -1.50. The minimum Gasteiger partial charge on any atom is -0.492 e. The Bertz CT molecular complexity index is 5080. The van der Waals surface area contributed by atoms with E-state index in [0.29, 0.717) is 37.6 Å². The Hall–Kier alpha value is -11.8. The van der Waals surface area contributed by atoms with Gasteiger partial charge in [-0.2, -0.15) is 0 Å². The molecule has 0 fully saturated rings. The van der Waals surface area contributed by atoms with E-state index in [1.54, 1.807) is 80.8 Å². The van der Waals surface area contributed by atoms with Crippen LogP contribution in [0.4, 0.5) is 56.1 Å². The van der Waals surface area contributed by atoms with Crippen molar-refractivity contribution in [3.8, 4) is 90.8 Å². The van der Waals surface area contributed by atoms with Crippen molar-refractivity contribution in [1.29, 1.82) is 0 Å². The lowest BCUT2D eigenvalue weighted by Crippen LogP contribution is -2.14. The van der Waals surface area contributed by atoms with Crippen molar-refractivity contribution in [3.63, 3.8) is 0 Å². The zero-order chi connectivity index (χ0) is 80.6. The van der Waals surface area contributed by atoms with Gasteiger partial charge < -0.3 is 86.8 Å². The summed E-state index contributed by atoms with van der Waals surface area (Å²) in [5.74, 6) is -11.6. The third kappa shape index (κ3) is 18.9. The molecule has 0 aliphatic rings. The molecule has 0 amide bonds. The van der Waals surface area contributed by atoms with Crippen LogP contribution in [0.2, 0.25) is 30.1 Å². The molecule has 5 aromatic heterocycles. The number of benzene rings is 5. The van der Waals surface area contributed by atoms with E-state index in [1.807, 2.05) is 0 Å². The summed E-state index contributed by atoms with van der Waals surface area (Å²) >= 11 is 35.4. The number of halogens is 11. The van der Waals surface area contributed by atoms with Gasteiger partial charge in [-0.3, -0.25) is 0 Å². The lowest BCUT2D eigenvalue weighted by molar-refractivity contribution is 0.0581. The van der Waals surface area contributed by atoms with Crippen molar-refractivity contribution in [3.05, 3.63) is 191 Å². The van der Waals surface area contributed by atoms with Gasteiger partial charge in [-0.25, -0.2) is 70.8 Å². The summed E-state index contributed by atoms with van der Waals surface area (Å²) in [6.07, 6.45) is 0. The molecule has 568 valence electrons. The number of methoxy groups -OCH3 is 8. The molecule has 13 N–H and O–H groups in total. The first-order chi connectivity index (χ1) is 51.0. The predicted molar refractivity (Wildman–Crippen MR) is 397 cm³/mol. The van der Waals surface area contributed by atoms with Crippen LogP contribution in [0, 0.1) is 29.1 Å². The maximum absolute atomic E-state index is 14.9. The maximum Gasteiger partial charge on any atom is 0.360 e. The number of carboxylic acid groups (broad SMARTS) is 3. The highest BCUT2D eigenvalue weighted by Gasteiger charge is 2.31. The molecule has 0 saturated heterocycles. The number of anilines is 6. The molecule has 5 heterocycles. The first kappa shape index (κ1) is 85.1. The van der Waals surface area contributed by atoms with E-state index in [2.05, 4.69) is 34.4 Å². The Labute approximate surface area is 640 Å². The van der Waals surface area contributed by atoms with E-state index in [-0.39, 0.29) is 94.8 Å². The third-order valence-corrected chi connectivity index (χ3v) is 16.3. The number of carbonyl (C=O) groups is 5. The molecule has 5 aromatic carbocycles. The number of hydrogen-bond donors (Lipinski definition) is 8. The van der Waals surface area contributed by atoms with E-state index in [1.165, 1.54) is 77.9 Å². The van der Waals surface area contributed by atoms with Crippen LogP contribution >= 0.6 is 69.6 Å². The van der Waals surface area contributed by atoms with Crippen molar-refractivity contribution in [2.45, 2.75) is 0 Å². The molecular weight excluding hydrogens is 1560 g/mol. The van der Waals surface area contributed by atoms with Crippen molar-refractivity contribution in [1.82, 2.24) is 24.9 Å². The van der Waals surface area contributed by atoms with E-state index >= 15 is 0 Å². The number of nitrogen functional groups attached to an aromatic ring is 5. The molecule has 0 unspecified atom stereocenters. The van der Waals surface area contributed by atoms with Gasteiger partial charge in [0.25, 0.3) is 0 Å². The van der Waals surface area contributed by atoms with E-state index in [0.717, 1.165) is 25.8 Å². The number of aromatic carboxylic acids is 3. The van der Waals surface area contributed by atoms with Gasteiger partial charge in [-0.05, 0) is 66.7 Å². The van der Waals surface area contributed by atoms with Crippen LogP contribution in [0.3, 0.4) is 0 Å². The van der Waals surface area contributed by atoms with E-state index in [9.17, 15) is 45.9 Å². The molecule has 0 bridgehead atoms. The molecule has 0 spiro atoms. The molecule has 10 aromatic rings. The summed E-state index contributed by atoms with van der Waals surface area (Å²) in [6, 6.07) is 26.4.